The van der Waals surface area contributed by atoms with Gasteiger partial charge in [-0.2, -0.15) is 0 Å². The highest BCUT2D eigenvalue weighted by Gasteiger charge is 2.15. The number of nitrogens with one attached hydrogen (secondary N) is 1. The minimum absolute atomic E-state index is 0.605. The van der Waals surface area contributed by atoms with Crippen LogP contribution in [0.25, 0.3) is 0 Å². The van der Waals surface area contributed by atoms with E-state index in [1.807, 2.05) is 18.2 Å². The largest absolute Gasteiger partial charge is 0.317 e. The van der Waals surface area contributed by atoms with E-state index in [0.717, 1.165) is 24.5 Å². The van der Waals surface area contributed by atoms with Crippen molar-refractivity contribution in [1.29, 1.82) is 0 Å². The second kappa shape index (κ2) is 7.25. The lowest BCUT2D eigenvalue weighted by molar-refractivity contribution is 0.364. The van der Waals surface area contributed by atoms with Crippen LogP contribution in [0.15, 0.2) is 18.2 Å². The standard InChI is InChI=1S/C14H21Cl2N/c1-4-17-9-12(10(2)3)7-11-5-6-13(15)8-14(11)16/h5-6,8,10,12,17H,4,7,9H2,1-3H3. The maximum absolute atomic E-state index is 6.21. The Morgan fingerprint density at radius 3 is 2.47 bits per heavy atom. The molecule has 0 fully saturated rings. The summed E-state index contributed by atoms with van der Waals surface area (Å²) < 4.78 is 0. The molecule has 3 heteroatoms. The van der Waals surface area contributed by atoms with Gasteiger partial charge in [-0.1, -0.05) is 50.0 Å². The van der Waals surface area contributed by atoms with Gasteiger partial charge in [-0.3, -0.25) is 0 Å². The summed E-state index contributed by atoms with van der Waals surface area (Å²) in [6, 6.07) is 5.77. The average Bonchev–Trinajstić information content (AvgIpc) is 2.26. The topological polar surface area (TPSA) is 12.0 Å². The van der Waals surface area contributed by atoms with Crippen molar-refractivity contribution in [3.63, 3.8) is 0 Å². The molecule has 1 N–H and O–H groups in total. The fraction of sp³-hybridized carbons (Fsp3) is 0.571. The molecule has 0 heterocycles. The summed E-state index contributed by atoms with van der Waals surface area (Å²) in [6.45, 7) is 8.69. The summed E-state index contributed by atoms with van der Waals surface area (Å²) in [5.74, 6) is 1.24. The second-order valence-corrected chi connectivity index (χ2v) is 5.60. The SMILES string of the molecule is CCNCC(Cc1ccc(Cl)cc1Cl)C(C)C. The van der Waals surface area contributed by atoms with Crippen LogP contribution in [-0.4, -0.2) is 13.1 Å². The Hall–Kier alpha value is -0.240. The van der Waals surface area contributed by atoms with Crippen LogP contribution in [0.1, 0.15) is 26.3 Å². The molecule has 96 valence electrons. The van der Waals surface area contributed by atoms with Crippen LogP contribution >= 0.6 is 23.2 Å². The smallest absolute Gasteiger partial charge is 0.0452 e. The van der Waals surface area contributed by atoms with E-state index in [1.54, 1.807) is 0 Å². The first-order valence-electron chi connectivity index (χ1n) is 6.19. The van der Waals surface area contributed by atoms with Crippen molar-refractivity contribution in [1.82, 2.24) is 5.32 Å². The molecule has 0 aromatic heterocycles. The lowest BCUT2D eigenvalue weighted by Crippen LogP contribution is -2.27. The first-order chi connectivity index (χ1) is 8.04. The summed E-state index contributed by atoms with van der Waals surface area (Å²) in [5.41, 5.74) is 1.19. The minimum atomic E-state index is 0.605. The van der Waals surface area contributed by atoms with E-state index in [0.29, 0.717) is 16.9 Å². The predicted octanol–water partition coefficient (Wildman–Crippen LogP) is 4.42. The van der Waals surface area contributed by atoms with Gasteiger partial charge >= 0.3 is 0 Å². The molecular formula is C14H21Cl2N. The third-order valence-electron chi connectivity index (χ3n) is 3.10. The Balaban J connectivity index is 2.71. The third-order valence-corrected chi connectivity index (χ3v) is 3.68. The van der Waals surface area contributed by atoms with Crippen molar-refractivity contribution < 1.29 is 0 Å². The summed E-state index contributed by atoms with van der Waals surface area (Å²) in [7, 11) is 0. The first kappa shape index (κ1) is 14.8. The highest BCUT2D eigenvalue weighted by atomic mass is 35.5. The van der Waals surface area contributed by atoms with Crippen molar-refractivity contribution in [3.05, 3.63) is 33.8 Å². The maximum Gasteiger partial charge on any atom is 0.0452 e. The van der Waals surface area contributed by atoms with Gasteiger partial charge in [-0.05, 0) is 49.0 Å². The van der Waals surface area contributed by atoms with Crippen molar-refractivity contribution >= 4 is 23.2 Å². The normalized spacial score (nSPS) is 13.1. The van der Waals surface area contributed by atoms with E-state index < -0.39 is 0 Å². The fourth-order valence-corrected chi connectivity index (χ4v) is 2.33. The zero-order chi connectivity index (χ0) is 12.8. The Bertz CT molecular complexity index is 350. The molecule has 0 aliphatic rings. The van der Waals surface area contributed by atoms with Gasteiger partial charge in [0, 0.05) is 10.0 Å². The van der Waals surface area contributed by atoms with E-state index >= 15 is 0 Å². The first-order valence-corrected chi connectivity index (χ1v) is 6.94. The third kappa shape index (κ3) is 4.87. The second-order valence-electron chi connectivity index (χ2n) is 4.75. The van der Waals surface area contributed by atoms with E-state index in [-0.39, 0.29) is 0 Å². The molecule has 1 atom stereocenters. The van der Waals surface area contributed by atoms with Gasteiger partial charge in [0.25, 0.3) is 0 Å². The van der Waals surface area contributed by atoms with Crippen molar-refractivity contribution in [2.75, 3.05) is 13.1 Å². The van der Waals surface area contributed by atoms with Gasteiger partial charge in [0.05, 0.1) is 0 Å². The van der Waals surface area contributed by atoms with Crippen LogP contribution in [0.4, 0.5) is 0 Å². The molecule has 1 aromatic rings. The van der Waals surface area contributed by atoms with Crippen molar-refractivity contribution in [2.45, 2.75) is 27.2 Å². The quantitative estimate of drug-likeness (QED) is 0.809. The number of hydrogen-bond donors (Lipinski definition) is 1. The Kier molecular flexibility index (Phi) is 6.32. The summed E-state index contributed by atoms with van der Waals surface area (Å²) in [5, 5.41) is 4.89. The molecule has 0 saturated carbocycles. The molecule has 0 radical (unpaired) electrons. The van der Waals surface area contributed by atoms with Crippen LogP contribution in [0, 0.1) is 11.8 Å². The van der Waals surface area contributed by atoms with Gasteiger partial charge < -0.3 is 5.32 Å². The minimum Gasteiger partial charge on any atom is -0.317 e. The molecule has 1 nitrogen and oxygen atoms in total. The van der Waals surface area contributed by atoms with E-state index in [4.69, 9.17) is 23.2 Å². The fourth-order valence-electron chi connectivity index (χ4n) is 1.84. The zero-order valence-electron chi connectivity index (χ0n) is 10.8. The van der Waals surface area contributed by atoms with E-state index in [1.165, 1.54) is 5.56 Å². The molecule has 1 unspecified atom stereocenters. The number of halogens is 2. The summed E-state index contributed by atoms with van der Waals surface area (Å²) in [4.78, 5) is 0. The molecule has 0 spiro atoms. The number of rotatable bonds is 6. The number of benzene rings is 1. The zero-order valence-corrected chi connectivity index (χ0v) is 12.3. The lowest BCUT2D eigenvalue weighted by atomic mass is 9.89. The highest BCUT2D eigenvalue weighted by Crippen LogP contribution is 2.25. The maximum atomic E-state index is 6.21. The molecule has 0 bridgehead atoms. The lowest BCUT2D eigenvalue weighted by Gasteiger charge is -2.21. The Labute approximate surface area is 115 Å². The molecule has 1 aromatic carbocycles. The van der Waals surface area contributed by atoms with Gasteiger partial charge in [0.1, 0.15) is 0 Å². The monoisotopic (exact) mass is 273 g/mol. The summed E-state index contributed by atoms with van der Waals surface area (Å²) >= 11 is 12.1. The van der Waals surface area contributed by atoms with Crippen LogP contribution < -0.4 is 5.32 Å². The summed E-state index contributed by atoms with van der Waals surface area (Å²) in [6.07, 6.45) is 1.00. The van der Waals surface area contributed by atoms with Crippen LogP contribution in [0.3, 0.4) is 0 Å². The molecule has 0 aliphatic heterocycles. The molecule has 0 aliphatic carbocycles. The van der Waals surface area contributed by atoms with Crippen LogP contribution in [-0.2, 0) is 6.42 Å². The Morgan fingerprint density at radius 1 is 1.24 bits per heavy atom. The van der Waals surface area contributed by atoms with Crippen LogP contribution in [0.5, 0.6) is 0 Å². The van der Waals surface area contributed by atoms with Crippen molar-refractivity contribution in [3.8, 4) is 0 Å². The van der Waals surface area contributed by atoms with Gasteiger partial charge in [0.15, 0.2) is 0 Å². The Morgan fingerprint density at radius 2 is 1.94 bits per heavy atom. The number of hydrogen-bond acceptors (Lipinski definition) is 1. The molecule has 17 heavy (non-hydrogen) atoms. The van der Waals surface area contributed by atoms with Gasteiger partial charge in [-0.15, -0.1) is 0 Å². The average molecular weight is 274 g/mol. The predicted molar refractivity (Wildman–Crippen MR) is 77.0 cm³/mol. The molecule has 0 amide bonds. The van der Waals surface area contributed by atoms with Crippen LogP contribution in [0.2, 0.25) is 10.0 Å². The molecule has 0 saturated heterocycles. The highest BCUT2D eigenvalue weighted by molar-refractivity contribution is 6.35. The van der Waals surface area contributed by atoms with Crippen molar-refractivity contribution in [2.24, 2.45) is 11.8 Å². The molecular weight excluding hydrogens is 253 g/mol. The van der Waals surface area contributed by atoms with Gasteiger partial charge in [-0.25, -0.2) is 0 Å². The van der Waals surface area contributed by atoms with E-state index in [2.05, 4.69) is 26.1 Å². The van der Waals surface area contributed by atoms with Gasteiger partial charge in [0.2, 0.25) is 0 Å². The van der Waals surface area contributed by atoms with E-state index in [9.17, 15) is 0 Å². The molecule has 1 rings (SSSR count).